The standard InChI is InChI=1S/C16H26N2/c1-5-17-11-14-6-7-15(13(2)10-14)18-9-8-16(3,4)12-18/h6-7,10,17H,5,8-9,11-12H2,1-4H3. The molecule has 0 atom stereocenters. The van der Waals surface area contributed by atoms with Crippen molar-refractivity contribution in [1.82, 2.24) is 5.32 Å². The monoisotopic (exact) mass is 246 g/mol. The van der Waals surface area contributed by atoms with E-state index in [-0.39, 0.29) is 0 Å². The molecule has 0 aromatic heterocycles. The SMILES string of the molecule is CCNCc1ccc(N2CCC(C)(C)C2)c(C)c1. The van der Waals surface area contributed by atoms with Crippen LogP contribution in [0.1, 0.15) is 38.3 Å². The van der Waals surface area contributed by atoms with Crippen LogP contribution in [0.5, 0.6) is 0 Å². The quantitative estimate of drug-likeness (QED) is 0.876. The zero-order chi connectivity index (χ0) is 13.2. The molecule has 0 aliphatic carbocycles. The fraction of sp³-hybridized carbons (Fsp3) is 0.625. The number of aryl methyl sites for hydroxylation is 1. The summed E-state index contributed by atoms with van der Waals surface area (Å²) in [4.78, 5) is 2.53. The van der Waals surface area contributed by atoms with Gasteiger partial charge >= 0.3 is 0 Å². The molecule has 1 heterocycles. The van der Waals surface area contributed by atoms with Crippen LogP contribution in [0.25, 0.3) is 0 Å². The first kappa shape index (κ1) is 13.4. The lowest BCUT2D eigenvalue weighted by Gasteiger charge is -2.23. The Kier molecular flexibility index (Phi) is 3.96. The first-order chi connectivity index (χ1) is 8.52. The molecule has 0 saturated carbocycles. The highest BCUT2D eigenvalue weighted by Gasteiger charge is 2.29. The summed E-state index contributed by atoms with van der Waals surface area (Å²) in [5, 5.41) is 3.38. The normalized spacial score (nSPS) is 18.3. The van der Waals surface area contributed by atoms with Crippen LogP contribution in [0, 0.1) is 12.3 Å². The van der Waals surface area contributed by atoms with E-state index in [0.29, 0.717) is 5.41 Å². The van der Waals surface area contributed by atoms with Crippen molar-refractivity contribution in [3.8, 4) is 0 Å². The maximum absolute atomic E-state index is 3.38. The summed E-state index contributed by atoms with van der Waals surface area (Å²) in [6, 6.07) is 6.88. The molecular weight excluding hydrogens is 220 g/mol. The third-order valence-corrected chi connectivity index (χ3v) is 3.86. The van der Waals surface area contributed by atoms with Crippen molar-refractivity contribution >= 4 is 5.69 Å². The zero-order valence-corrected chi connectivity index (χ0v) is 12.2. The van der Waals surface area contributed by atoms with Gasteiger partial charge in [-0.2, -0.15) is 0 Å². The summed E-state index contributed by atoms with van der Waals surface area (Å²) < 4.78 is 0. The van der Waals surface area contributed by atoms with E-state index in [0.717, 1.165) is 13.1 Å². The molecule has 1 saturated heterocycles. The highest BCUT2D eigenvalue weighted by Crippen LogP contribution is 2.34. The van der Waals surface area contributed by atoms with Crippen molar-refractivity contribution in [2.45, 2.75) is 40.7 Å². The second kappa shape index (κ2) is 5.31. The van der Waals surface area contributed by atoms with E-state index in [2.05, 4.69) is 56.1 Å². The molecule has 0 bridgehead atoms. The first-order valence-electron chi connectivity index (χ1n) is 7.07. The van der Waals surface area contributed by atoms with Gasteiger partial charge in [-0.3, -0.25) is 0 Å². The van der Waals surface area contributed by atoms with Crippen molar-refractivity contribution in [3.63, 3.8) is 0 Å². The van der Waals surface area contributed by atoms with Gasteiger partial charge in [0.1, 0.15) is 0 Å². The third-order valence-electron chi connectivity index (χ3n) is 3.86. The van der Waals surface area contributed by atoms with Crippen LogP contribution in [-0.2, 0) is 6.54 Å². The minimum absolute atomic E-state index is 0.467. The molecule has 1 aromatic rings. The number of hydrogen-bond donors (Lipinski definition) is 1. The van der Waals surface area contributed by atoms with Crippen LogP contribution in [0.15, 0.2) is 18.2 Å². The van der Waals surface area contributed by atoms with E-state index in [4.69, 9.17) is 0 Å². The Morgan fingerprint density at radius 1 is 1.33 bits per heavy atom. The lowest BCUT2D eigenvalue weighted by Crippen LogP contribution is -2.23. The van der Waals surface area contributed by atoms with Gasteiger partial charge in [0, 0.05) is 25.3 Å². The van der Waals surface area contributed by atoms with Gasteiger partial charge < -0.3 is 10.2 Å². The maximum Gasteiger partial charge on any atom is 0.0396 e. The Labute approximate surface area is 111 Å². The molecule has 1 aromatic carbocycles. The number of nitrogens with zero attached hydrogens (tertiary/aromatic N) is 1. The van der Waals surface area contributed by atoms with Gasteiger partial charge in [-0.25, -0.2) is 0 Å². The summed E-state index contributed by atoms with van der Waals surface area (Å²) in [6.07, 6.45) is 1.30. The molecule has 0 radical (unpaired) electrons. The molecule has 2 nitrogen and oxygen atoms in total. The Hall–Kier alpha value is -1.02. The Morgan fingerprint density at radius 3 is 2.67 bits per heavy atom. The average Bonchev–Trinajstić information content (AvgIpc) is 2.67. The lowest BCUT2D eigenvalue weighted by atomic mass is 9.93. The number of benzene rings is 1. The van der Waals surface area contributed by atoms with Crippen LogP contribution in [0.2, 0.25) is 0 Å². The average molecular weight is 246 g/mol. The highest BCUT2D eigenvalue weighted by atomic mass is 15.2. The predicted molar refractivity (Wildman–Crippen MR) is 79.2 cm³/mol. The minimum atomic E-state index is 0.467. The van der Waals surface area contributed by atoms with Crippen molar-refractivity contribution in [2.75, 3.05) is 24.5 Å². The molecule has 1 fully saturated rings. The Bertz CT molecular complexity index is 410. The lowest BCUT2D eigenvalue weighted by molar-refractivity contribution is 0.418. The fourth-order valence-electron chi connectivity index (χ4n) is 2.77. The van der Waals surface area contributed by atoms with Crippen LogP contribution >= 0.6 is 0 Å². The summed E-state index contributed by atoms with van der Waals surface area (Å²) in [5.74, 6) is 0. The van der Waals surface area contributed by atoms with Gasteiger partial charge in [-0.05, 0) is 42.5 Å². The van der Waals surface area contributed by atoms with Gasteiger partial charge in [0.05, 0.1) is 0 Å². The second-order valence-electron chi connectivity index (χ2n) is 6.24. The summed E-state index contributed by atoms with van der Waals surface area (Å²) >= 11 is 0. The smallest absolute Gasteiger partial charge is 0.0396 e. The van der Waals surface area contributed by atoms with Gasteiger partial charge in [-0.15, -0.1) is 0 Å². The third kappa shape index (κ3) is 3.05. The number of anilines is 1. The molecule has 2 rings (SSSR count). The molecule has 1 N–H and O–H groups in total. The van der Waals surface area contributed by atoms with E-state index < -0.39 is 0 Å². The second-order valence-corrected chi connectivity index (χ2v) is 6.24. The topological polar surface area (TPSA) is 15.3 Å². The molecule has 2 heteroatoms. The van der Waals surface area contributed by atoms with E-state index in [9.17, 15) is 0 Å². The van der Waals surface area contributed by atoms with Gasteiger partial charge in [-0.1, -0.05) is 32.9 Å². The van der Waals surface area contributed by atoms with Gasteiger partial charge in [0.15, 0.2) is 0 Å². The molecule has 0 spiro atoms. The summed E-state index contributed by atoms with van der Waals surface area (Å²) in [7, 11) is 0. The van der Waals surface area contributed by atoms with Gasteiger partial charge in [0.2, 0.25) is 0 Å². The molecule has 0 amide bonds. The van der Waals surface area contributed by atoms with Crippen LogP contribution in [0.4, 0.5) is 5.69 Å². The maximum atomic E-state index is 3.38. The van der Waals surface area contributed by atoms with Crippen LogP contribution in [0.3, 0.4) is 0 Å². The number of hydrogen-bond acceptors (Lipinski definition) is 2. The van der Waals surface area contributed by atoms with Crippen molar-refractivity contribution < 1.29 is 0 Å². The minimum Gasteiger partial charge on any atom is -0.371 e. The number of nitrogens with one attached hydrogen (secondary N) is 1. The highest BCUT2D eigenvalue weighted by molar-refractivity contribution is 5.55. The fourth-order valence-corrected chi connectivity index (χ4v) is 2.77. The summed E-state index contributed by atoms with van der Waals surface area (Å²) in [5.41, 5.74) is 4.68. The van der Waals surface area contributed by atoms with E-state index in [1.807, 2.05) is 0 Å². The zero-order valence-electron chi connectivity index (χ0n) is 12.2. The Balaban J connectivity index is 2.10. The van der Waals surface area contributed by atoms with Gasteiger partial charge in [0.25, 0.3) is 0 Å². The molecule has 1 aliphatic rings. The predicted octanol–water partition coefficient (Wildman–Crippen LogP) is 3.34. The number of rotatable bonds is 4. The molecular formula is C16H26N2. The first-order valence-corrected chi connectivity index (χ1v) is 7.07. The van der Waals surface area contributed by atoms with Crippen molar-refractivity contribution in [2.24, 2.45) is 5.41 Å². The van der Waals surface area contributed by atoms with Crippen LogP contribution in [-0.4, -0.2) is 19.6 Å². The van der Waals surface area contributed by atoms with Crippen LogP contribution < -0.4 is 10.2 Å². The van der Waals surface area contributed by atoms with Crippen molar-refractivity contribution in [1.29, 1.82) is 0 Å². The summed E-state index contributed by atoms with van der Waals surface area (Å²) in [6.45, 7) is 13.5. The Morgan fingerprint density at radius 2 is 2.11 bits per heavy atom. The molecule has 100 valence electrons. The van der Waals surface area contributed by atoms with E-state index in [1.165, 1.54) is 36.3 Å². The van der Waals surface area contributed by atoms with Crippen molar-refractivity contribution in [3.05, 3.63) is 29.3 Å². The van der Waals surface area contributed by atoms with E-state index >= 15 is 0 Å². The van der Waals surface area contributed by atoms with E-state index in [1.54, 1.807) is 0 Å². The molecule has 0 unspecified atom stereocenters. The molecule has 1 aliphatic heterocycles. The molecule has 18 heavy (non-hydrogen) atoms. The largest absolute Gasteiger partial charge is 0.371 e.